The van der Waals surface area contributed by atoms with Crippen molar-refractivity contribution in [2.45, 2.75) is 19.6 Å². The summed E-state index contributed by atoms with van der Waals surface area (Å²) in [6, 6.07) is -0.134. The largest absolute Gasteiger partial charge is 0.355 e. The minimum Gasteiger partial charge on any atom is -0.355 e. The molecule has 2 amide bonds. The second-order valence-electron chi connectivity index (χ2n) is 4.05. The molecule has 4 nitrogen and oxygen atoms in total. The highest BCUT2D eigenvalue weighted by Crippen LogP contribution is 2.36. The molecule has 3 unspecified atom stereocenters. The van der Waals surface area contributed by atoms with Crippen molar-refractivity contribution in [2.75, 3.05) is 13.2 Å². The van der Waals surface area contributed by atoms with E-state index >= 15 is 0 Å². The van der Waals surface area contributed by atoms with E-state index in [1.807, 2.05) is 19.9 Å². The van der Waals surface area contributed by atoms with E-state index in [0.29, 0.717) is 25.0 Å². The summed E-state index contributed by atoms with van der Waals surface area (Å²) in [5.41, 5.74) is -0.480. The van der Waals surface area contributed by atoms with Gasteiger partial charge in [0, 0.05) is 18.4 Å². The van der Waals surface area contributed by atoms with Crippen LogP contribution in [-0.4, -0.2) is 24.9 Å². The summed E-state index contributed by atoms with van der Waals surface area (Å²) in [4.78, 5) is 11.2. The number of carbonyl (C=O) groups is 1. The van der Waals surface area contributed by atoms with Gasteiger partial charge in [-0.2, -0.15) is 0 Å². The van der Waals surface area contributed by atoms with Crippen molar-refractivity contribution in [1.29, 1.82) is 0 Å². The first-order valence-electron chi connectivity index (χ1n) is 4.98. The van der Waals surface area contributed by atoms with Crippen molar-refractivity contribution in [3.8, 4) is 0 Å². The number of hydrogen-bond donors (Lipinski definition) is 2. The van der Waals surface area contributed by atoms with Gasteiger partial charge >= 0.3 is 6.03 Å². The zero-order valence-electron chi connectivity index (χ0n) is 8.54. The second kappa shape index (κ2) is 3.28. The third-order valence-electron chi connectivity index (χ3n) is 3.08. The topological polar surface area (TPSA) is 50.4 Å². The van der Waals surface area contributed by atoms with Crippen LogP contribution < -0.4 is 10.6 Å². The van der Waals surface area contributed by atoms with Crippen molar-refractivity contribution in [2.24, 2.45) is 11.8 Å². The van der Waals surface area contributed by atoms with Crippen LogP contribution in [0.4, 0.5) is 4.79 Å². The van der Waals surface area contributed by atoms with Crippen LogP contribution >= 0.6 is 0 Å². The molecule has 2 saturated heterocycles. The molecule has 2 N–H and O–H groups in total. The highest BCUT2D eigenvalue weighted by atomic mass is 16.5. The summed E-state index contributed by atoms with van der Waals surface area (Å²) in [5.74, 6) is 0.731. The molecule has 2 fully saturated rings. The summed E-state index contributed by atoms with van der Waals surface area (Å²) in [7, 11) is 0. The number of ether oxygens (including phenoxy) is 1. The summed E-state index contributed by atoms with van der Waals surface area (Å²) < 4.78 is 5.66. The number of allylic oxidation sites excluding steroid dienone is 1. The minimum atomic E-state index is -0.480. The Hall–Kier alpha value is -1.03. The molecule has 2 heterocycles. The third kappa shape index (κ3) is 1.39. The summed E-state index contributed by atoms with van der Waals surface area (Å²) in [6.07, 6.45) is 4.19. The van der Waals surface area contributed by atoms with Crippen molar-refractivity contribution >= 4 is 6.03 Å². The molecule has 3 atom stereocenters. The number of hydrogen-bond acceptors (Lipinski definition) is 2. The smallest absolute Gasteiger partial charge is 0.317 e. The average molecular weight is 196 g/mol. The van der Waals surface area contributed by atoms with E-state index in [1.54, 1.807) is 0 Å². The molecule has 0 bridgehead atoms. The van der Waals surface area contributed by atoms with Crippen LogP contribution in [0.5, 0.6) is 0 Å². The highest BCUT2D eigenvalue weighted by Gasteiger charge is 2.48. The maximum Gasteiger partial charge on any atom is 0.317 e. The number of amides is 2. The summed E-state index contributed by atoms with van der Waals surface area (Å²) in [6.45, 7) is 5.33. The first-order chi connectivity index (χ1) is 6.65. The maximum absolute atomic E-state index is 11.2. The van der Waals surface area contributed by atoms with E-state index in [2.05, 4.69) is 16.7 Å². The molecule has 2 aliphatic heterocycles. The standard InChI is InChI=1S/C10H16N2O2/c1-3-4-7-6-14-10(2)8(7)5-11-9(13)12-10/h3-4,7-8H,5-6H2,1-2H3,(H2,11,12,13). The Labute approximate surface area is 83.7 Å². The van der Waals surface area contributed by atoms with Crippen LogP contribution in [0.25, 0.3) is 0 Å². The van der Waals surface area contributed by atoms with Gasteiger partial charge in [-0.3, -0.25) is 0 Å². The molecular weight excluding hydrogens is 180 g/mol. The molecule has 0 spiro atoms. The third-order valence-corrected chi connectivity index (χ3v) is 3.08. The highest BCUT2D eigenvalue weighted by molar-refractivity contribution is 5.75. The van der Waals surface area contributed by atoms with Gasteiger partial charge in [0.25, 0.3) is 0 Å². The Morgan fingerprint density at radius 1 is 1.64 bits per heavy atom. The normalized spacial score (nSPS) is 42.0. The Bertz CT molecular complexity index is 277. The fourth-order valence-corrected chi connectivity index (χ4v) is 2.29. The van der Waals surface area contributed by atoms with Gasteiger partial charge in [-0.25, -0.2) is 4.79 Å². The molecule has 0 saturated carbocycles. The number of fused-ring (bicyclic) bond motifs is 1. The van der Waals surface area contributed by atoms with Gasteiger partial charge in [0.15, 0.2) is 0 Å². The Morgan fingerprint density at radius 2 is 2.43 bits per heavy atom. The van der Waals surface area contributed by atoms with Gasteiger partial charge in [-0.1, -0.05) is 12.2 Å². The lowest BCUT2D eigenvalue weighted by atomic mass is 9.86. The summed E-state index contributed by atoms with van der Waals surface area (Å²) in [5, 5.41) is 5.64. The lowest BCUT2D eigenvalue weighted by molar-refractivity contribution is -0.0313. The molecule has 14 heavy (non-hydrogen) atoms. The minimum absolute atomic E-state index is 0.134. The van der Waals surface area contributed by atoms with Crippen LogP contribution in [0.3, 0.4) is 0 Å². The Kier molecular flexibility index (Phi) is 2.23. The number of urea groups is 1. The SMILES string of the molecule is CC=CC1COC2(C)NC(=O)NCC12. The second-order valence-corrected chi connectivity index (χ2v) is 4.05. The van der Waals surface area contributed by atoms with Gasteiger partial charge in [0.05, 0.1) is 6.61 Å². The quantitative estimate of drug-likeness (QED) is 0.611. The van der Waals surface area contributed by atoms with Crippen LogP contribution in [0, 0.1) is 11.8 Å². The van der Waals surface area contributed by atoms with E-state index in [1.165, 1.54) is 0 Å². The van der Waals surface area contributed by atoms with E-state index < -0.39 is 5.72 Å². The number of nitrogens with one attached hydrogen (secondary N) is 2. The Morgan fingerprint density at radius 3 is 3.14 bits per heavy atom. The van der Waals surface area contributed by atoms with E-state index in [-0.39, 0.29) is 6.03 Å². The van der Waals surface area contributed by atoms with Gasteiger partial charge in [0.2, 0.25) is 0 Å². The lowest BCUT2D eigenvalue weighted by Gasteiger charge is -2.37. The van der Waals surface area contributed by atoms with E-state index in [4.69, 9.17) is 4.74 Å². The molecule has 2 rings (SSSR count). The molecule has 0 aromatic carbocycles. The van der Waals surface area contributed by atoms with Crippen LogP contribution in [0.15, 0.2) is 12.2 Å². The van der Waals surface area contributed by atoms with Crippen molar-refractivity contribution in [1.82, 2.24) is 10.6 Å². The van der Waals surface area contributed by atoms with Gasteiger partial charge in [-0.05, 0) is 13.8 Å². The maximum atomic E-state index is 11.2. The fraction of sp³-hybridized carbons (Fsp3) is 0.700. The van der Waals surface area contributed by atoms with Crippen molar-refractivity contribution in [3.63, 3.8) is 0 Å². The van der Waals surface area contributed by atoms with E-state index in [9.17, 15) is 4.79 Å². The van der Waals surface area contributed by atoms with Gasteiger partial charge in [-0.15, -0.1) is 0 Å². The first kappa shape index (κ1) is 9.52. The number of carbonyl (C=O) groups excluding carboxylic acids is 1. The molecule has 0 aromatic heterocycles. The predicted molar refractivity (Wildman–Crippen MR) is 52.7 cm³/mol. The summed E-state index contributed by atoms with van der Waals surface area (Å²) >= 11 is 0. The average Bonchev–Trinajstić information content (AvgIpc) is 2.43. The first-order valence-corrected chi connectivity index (χ1v) is 4.98. The molecular formula is C10H16N2O2. The van der Waals surface area contributed by atoms with Gasteiger partial charge < -0.3 is 15.4 Å². The molecule has 78 valence electrons. The molecule has 0 aromatic rings. The van der Waals surface area contributed by atoms with E-state index in [0.717, 1.165) is 0 Å². The Balaban J connectivity index is 2.16. The zero-order chi connectivity index (χ0) is 10.2. The lowest BCUT2D eigenvalue weighted by Crippen LogP contribution is -2.61. The van der Waals surface area contributed by atoms with Crippen molar-refractivity contribution in [3.05, 3.63) is 12.2 Å². The zero-order valence-corrected chi connectivity index (χ0v) is 8.54. The van der Waals surface area contributed by atoms with Crippen molar-refractivity contribution < 1.29 is 9.53 Å². The molecule has 2 aliphatic rings. The molecule has 0 aliphatic carbocycles. The molecule has 4 heteroatoms. The molecule has 0 radical (unpaired) electrons. The van der Waals surface area contributed by atoms with Gasteiger partial charge in [0.1, 0.15) is 5.72 Å². The van der Waals surface area contributed by atoms with Crippen LogP contribution in [0.2, 0.25) is 0 Å². The van der Waals surface area contributed by atoms with Crippen LogP contribution in [-0.2, 0) is 4.74 Å². The van der Waals surface area contributed by atoms with Crippen LogP contribution in [0.1, 0.15) is 13.8 Å². The monoisotopic (exact) mass is 196 g/mol. The predicted octanol–water partition coefficient (Wildman–Crippen LogP) is 0.854. The number of rotatable bonds is 1. The fourth-order valence-electron chi connectivity index (χ4n) is 2.29.